The zero-order valence-corrected chi connectivity index (χ0v) is 12.9. The molecule has 106 valence electrons. The van der Waals surface area contributed by atoms with Crippen LogP contribution >= 0.6 is 0 Å². The molecule has 0 unspecified atom stereocenters. The normalized spacial score (nSPS) is 12.4. The molecule has 0 aliphatic heterocycles. The molecule has 0 saturated carbocycles. The van der Waals surface area contributed by atoms with E-state index in [9.17, 15) is 0 Å². The van der Waals surface area contributed by atoms with E-state index in [1.807, 2.05) is 18.5 Å². The zero-order valence-electron chi connectivity index (χ0n) is 12.9. The number of hydrogen-bond acceptors (Lipinski definition) is 4. The number of hydrogen-bond donors (Lipinski definition) is 0. The molecule has 0 spiro atoms. The summed E-state index contributed by atoms with van der Waals surface area (Å²) in [4.78, 5) is 17.4. The van der Waals surface area contributed by atoms with Crippen LogP contribution in [0.15, 0.2) is 31.0 Å². The van der Waals surface area contributed by atoms with Crippen LogP contribution in [0.5, 0.6) is 0 Å². The van der Waals surface area contributed by atoms with Crippen LogP contribution in [0.1, 0.15) is 51.7 Å². The Kier molecular flexibility index (Phi) is 3.84. The van der Waals surface area contributed by atoms with E-state index in [-0.39, 0.29) is 10.8 Å². The molecule has 2 rings (SSSR count). The second kappa shape index (κ2) is 5.27. The van der Waals surface area contributed by atoms with Gasteiger partial charge in [0.05, 0.1) is 11.4 Å². The van der Waals surface area contributed by atoms with Crippen molar-refractivity contribution in [3.05, 3.63) is 48.1 Å². The van der Waals surface area contributed by atoms with E-state index < -0.39 is 0 Å². The van der Waals surface area contributed by atoms with Crippen LogP contribution in [0.25, 0.3) is 0 Å². The summed E-state index contributed by atoms with van der Waals surface area (Å²) in [5.41, 5.74) is 2.98. The topological polar surface area (TPSA) is 51.6 Å². The van der Waals surface area contributed by atoms with E-state index in [4.69, 9.17) is 0 Å². The van der Waals surface area contributed by atoms with Crippen molar-refractivity contribution in [2.24, 2.45) is 0 Å². The molecule has 2 aromatic heterocycles. The van der Waals surface area contributed by atoms with E-state index in [2.05, 4.69) is 54.6 Å². The molecule has 2 heterocycles. The molecular formula is C16H22N4. The summed E-state index contributed by atoms with van der Waals surface area (Å²) in [5.74, 6) is 0. The fraction of sp³-hybridized carbons (Fsp3) is 0.500. The highest BCUT2D eigenvalue weighted by atomic mass is 14.8. The number of rotatable bonds is 3. The molecular weight excluding hydrogens is 248 g/mol. The third kappa shape index (κ3) is 3.38. The van der Waals surface area contributed by atoms with Gasteiger partial charge in [0.25, 0.3) is 0 Å². The van der Waals surface area contributed by atoms with Gasteiger partial charge in [0.1, 0.15) is 6.33 Å². The molecule has 0 radical (unpaired) electrons. The first kappa shape index (κ1) is 14.6. The van der Waals surface area contributed by atoms with Crippen LogP contribution in [-0.4, -0.2) is 19.9 Å². The maximum Gasteiger partial charge on any atom is 0.115 e. The highest BCUT2D eigenvalue weighted by molar-refractivity contribution is 5.18. The van der Waals surface area contributed by atoms with Crippen molar-refractivity contribution < 1.29 is 0 Å². The zero-order chi connectivity index (χ0) is 14.8. The van der Waals surface area contributed by atoms with Gasteiger partial charge in [-0.2, -0.15) is 0 Å². The first-order valence-corrected chi connectivity index (χ1v) is 6.87. The lowest BCUT2D eigenvalue weighted by atomic mass is 9.84. The Hall–Kier alpha value is -1.84. The van der Waals surface area contributed by atoms with Crippen molar-refractivity contribution in [3.8, 4) is 0 Å². The van der Waals surface area contributed by atoms with Crippen LogP contribution in [0, 0.1) is 0 Å². The third-order valence-corrected chi connectivity index (χ3v) is 3.37. The Morgan fingerprint density at radius 2 is 1.65 bits per heavy atom. The van der Waals surface area contributed by atoms with Crippen LogP contribution in [-0.2, 0) is 17.3 Å². The molecule has 0 amide bonds. The molecule has 4 nitrogen and oxygen atoms in total. The maximum atomic E-state index is 4.55. The van der Waals surface area contributed by atoms with Gasteiger partial charge in [0.15, 0.2) is 0 Å². The van der Waals surface area contributed by atoms with Crippen molar-refractivity contribution >= 4 is 0 Å². The van der Waals surface area contributed by atoms with E-state index in [0.717, 1.165) is 23.5 Å². The van der Waals surface area contributed by atoms with Crippen LogP contribution in [0.3, 0.4) is 0 Å². The molecule has 0 aliphatic carbocycles. The third-order valence-electron chi connectivity index (χ3n) is 3.37. The van der Waals surface area contributed by atoms with Crippen LogP contribution in [0.2, 0.25) is 0 Å². The van der Waals surface area contributed by atoms with E-state index in [1.165, 1.54) is 0 Å². The average Bonchev–Trinajstić information content (AvgIpc) is 2.39. The average molecular weight is 270 g/mol. The van der Waals surface area contributed by atoms with E-state index in [0.29, 0.717) is 0 Å². The first-order valence-electron chi connectivity index (χ1n) is 6.87. The molecule has 0 saturated heterocycles. The van der Waals surface area contributed by atoms with Crippen molar-refractivity contribution in [2.45, 2.75) is 51.9 Å². The molecule has 4 heteroatoms. The molecule has 0 fully saturated rings. The number of nitrogens with zero attached hydrogens (tertiary/aromatic N) is 4. The Balaban J connectivity index is 2.18. The van der Waals surface area contributed by atoms with Gasteiger partial charge in [-0.15, -0.1) is 0 Å². The second-order valence-electron chi connectivity index (χ2n) is 6.80. The summed E-state index contributed by atoms with van der Waals surface area (Å²) in [5, 5.41) is 0. The summed E-state index contributed by atoms with van der Waals surface area (Å²) in [7, 11) is 0. The number of aromatic nitrogens is 4. The Morgan fingerprint density at radius 1 is 0.900 bits per heavy atom. The lowest BCUT2D eigenvalue weighted by Crippen LogP contribution is -2.23. The maximum absolute atomic E-state index is 4.55. The fourth-order valence-electron chi connectivity index (χ4n) is 2.07. The van der Waals surface area contributed by atoms with Crippen LogP contribution < -0.4 is 0 Å². The van der Waals surface area contributed by atoms with Gasteiger partial charge < -0.3 is 0 Å². The highest BCUT2D eigenvalue weighted by Gasteiger charge is 2.24. The molecule has 2 aromatic rings. The smallest absolute Gasteiger partial charge is 0.115 e. The minimum absolute atomic E-state index is 0.0354. The van der Waals surface area contributed by atoms with Gasteiger partial charge in [0.2, 0.25) is 0 Å². The molecule has 0 aromatic carbocycles. The Labute approximate surface area is 120 Å². The fourth-order valence-corrected chi connectivity index (χ4v) is 2.07. The lowest BCUT2D eigenvalue weighted by Gasteiger charge is -2.23. The second-order valence-corrected chi connectivity index (χ2v) is 6.80. The summed E-state index contributed by atoms with van der Waals surface area (Å²) >= 11 is 0. The summed E-state index contributed by atoms with van der Waals surface area (Å²) in [6, 6.07) is 1.96. The van der Waals surface area contributed by atoms with Gasteiger partial charge >= 0.3 is 0 Å². The Morgan fingerprint density at radius 3 is 2.15 bits per heavy atom. The van der Waals surface area contributed by atoms with E-state index >= 15 is 0 Å². The lowest BCUT2D eigenvalue weighted by molar-refractivity contribution is 0.494. The summed E-state index contributed by atoms with van der Waals surface area (Å²) in [6.45, 7) is 10.7. The quantitative estimate of drug-likeness (QED) is 0.860. The van der Waals surface area contributed by atoms with E-state index in [1.54, 1.807) is 12.5 Å². The molecule has 0 bridgehead atoms. The molecule has 0 aliphatic rings. The largest absolute Gasteiger partial charge is 0.258 e. The van der Waals surface area contributed by atoms with Gasteiger partial charge in [0, 0.05) is 41.5 Å². The predicted molar refractivity (Wildman–Crippen MR) is 79.5 cm³/mol. The highest BCUT2D eigenvalue weighted by Crippen LogP contribution is 2.25. The van der Waals surface area contributed by atoms with Crippen molar-refractivity contribution in [1.29, 1.82) is 0 Å². The van der Waals surface area contributed by atoms with Crippen molar-refractivity contribution in [2.75, 3.05) is 0 Å². The predicted octanol–water partition coefficient (Wildman–Crippen LogP) is 3.08. The minimum Gasteiger partial charge on any atom is -0.258 e. The first-order chi connectivity index (χ1) is 9.29. The standard InChI is InChI=1S/C16H22N4/c1-15(2,3)14-10-18-12(9-19-14)8-16(4,5)13-6-7-17-11-20-13/h6-7,9-11H,8H2,1-5H3. The van der Waals surface area contributed by atoms with Gasteiger partial charge in [-0.1, -0.05) is 34.6 Å². The molecule has 0 N–H and O–H groups in total. The van der Waals surface area contributed by atoms with Gasteiger partial charge in [-0.05, 0) is 6.07 Å². The van der Waals surface area contributed by atoms with Crippen molar-refractivity contribution in [1.82, 2.24) is 19.9 Å². The van der Waals surface area contributed by atoms with Gasteiger partial charge in [-0.25, -0.2) is 9.97 Å². The van der Waals surface area contributed by atoms with Gasteiger partial charge in [-0.3, -0.25) is 9.97 Å². The molecule has 20 heavy (non-hydrogen) atoms. The monoisotopic (exact) mass is 270 g/mol. The van der Waals surface area contributed by atoms with Crippen LogP contribution in [0.4, 0.5) is 0 Å². The summed E-state index contributed by atoms with van der Waals surface area (Å²) in [6.07, 6.45) is 7.93. The van der Waals surface area contributed by atoms with Crippen molar-refractivity contribution in [3.63, 3.8) is 0 Å². The SMILES string of the molecule is CC(C)(C)c1cnc(CC(C)(C)c2ccncn2)cn1. The minimum atomic E-state index is -0.0825. The Bertz CT molecular complexity index is 553. The molecule has 0 atom stereocenters. The summed E-state index contributed by atoms with van der Waals surface area (Å²) < 4.78 is 0.